The molecule has 1 aliphatic rings. The number of carbonyl (C=O) groups is 1. The molecule has 22 heavy (non-hydrogen) atoms. The van der Waals surface area contributed by atoms with Gasteiger partial charge in [0.2, 0.25) is 5.12 Å². The number of nitro benzene ring substituents is 1. The lowest BCUT2D eigenvalue weighted by Gasteiger charge is -2.20. The Hall–Kier alpha value is -2.15. The van der Waals surface area contributed by atoms with E-state index in [-0.39, 0.29) is 10.8 Å². The highest BCUT2D eigenvalue weighted by Gasteiger charge is 2.31. The number of hydrogen-bond acceptors (Lipinski definition) is 5. The van der Waals surface area contributed by atoms with Crippen molar-refractivity contribution in [2.24, 2.45) is 10.9 Å². The van der Waals surface area contributed by atoms with Crippen LogP contribution >= 0.6 is 11.8 Å². The standard InChI is InChI=1S/C15H17N3O3S/c1-9(2)8-17-11(4)14(19)22-15(17)16-13-6-5-12(18(20)21)7-10(13)3/h5-7,9H,4,8H2,1-3H3. The van der Waals surface area contributed by atoms with Crippen LogP contribution in [0.2, 0.25) is 0 Å². The molecule has 1 aromatic rings. The highest BCUT2D eigenvalue weighted by Crippen LogP contribution is 2.32. The minimum absolute atomic E-state index is 0.0278. The van der Waals surface area contributed by atoms with E-state index < -0.39 is 4.92 Å². The maximum Gasteiger partial charge on any atom is 0.269 e. The summed E-state index contributed by atoms with van der Waals surface area (Å²) in [4.78, 5) is 28.5. The molecule has 1 saturated heterocycles. The summed E-state index contributed by atoms with van der Waals surface area (Å²) < 4.78 is 0. The molecule has 1 heterocycles. The molecule has 6 nitrogen and oxygen atoms in total. The van der Waals surface area contributed by atoms with Gasteiger partial charge in [-0.25, -0.2) is 4.99 Å². The molecule has 7 heteroatoms. The summed E-state index contributed by atoms with van der Waals surface area (Å²) in [5, 5.41) is 11.2. The van der Waals surface area contributed by atoms with E-state index in [1.165, 1.54) is 12.1 Å². The van der Waals surface area contributed by atoms with Gasteiger partial charge in [-0.15, -0.1) is 0 Å². The van der Waals surface area contributed by atoms with Crippen LogP contribution in [0.5, 0.6) is 0 Å². The first-order valence-corrected chi connectivity index (χ1v) is 7.63. The second kappa shape index (κ2) is 6.31. The van der Waals surface area contributed by atoms with Gasteiger partial charge in [-0.1, -0.05) is 20.4 Å². The lowest BCUT2D eigenvalue weighted by Crippen LogP contribution is -2.27. The molecule has 1 fully saturated rings. The molecular formula is C15H17N3O3S. The molecule has 0 N–H and O–H groups in total. The first-order valence-electron chi connectivity index (χ1n) is 6.82. The molecule has 0 saturated carbocycles. The van der Waals surface area contributed by atoms with Gasteiger partial charge in [-0.3, -0.25) is 14.9 Å². The molecule has 0 radical (unpaired) electrons. The number of nitro groups is 1. The normalized spacial score (nSPS) is 16.9. The van der Waals surface area contributed by atoms with Gasteiger partial charge in [0.1, 0.15) is 0 Å². The number of rotatable bonds is 4. The largest absolute Gasteiger partial charge is 0.317 e. The minimum Gasteiger partial charge on any atom is -0.317 e. The van der Waals surface area contributed by atoms with Crippen molar-refractivity contribution in [2.45, 2.75) is 20.8 Å². The van der Waals surface area contributed by atoms with E-state index in [4.69, 9.17) is 0 Å². The Morgan fingerprint density at radius 3 is 2.68 bits per heavy atom. The van der Waals surface area contributed by atoms with Crippen LogP contribution in [-0.2, 0) is 4.79 Å². The molecule has 1 aliphatic heterocycles. The first-order chi connectivity index (χ1) is 10.3. The van der Waals surface area contributed by atoms with Crippen molar-refractivity contribution in [1.82, 2.24) is 4.90 Å². The van der Waals surface area contributed by atoms with Crippen LogP contribution in [0.3, 0.4) is 0 Å². The molecule has 2 rings (SSSR count). The Morgan fingerprint density at radius 2 is 2.14 bits per heavy atom. The smallest absolute Gasteiger partial charge is 0.269 e. The number of aliphatic imine (C=N–C) groups is 1. The van der Waals surface area contributed by atoms with Crippen LogP contribution in [0.15, 0.2) is 35.5 Å². The van der Waals surface area contributed by atoms with Crippen LogP contribution in [-0.4, -0.2) is 26.7 Å². The van der Waals surface area contributed by atoms with E-state index in [1.54, 1.807) is 17.9 Å². The van der Waals surface area contributed by atoms with Crippen LogP contribution in [0.4, 0.5) is 11.4 Å². The fraction of sp³-hybridized carbons (Fsp3) is 0.333. The summed E-state index contributed by atoms with van der Waals surface area (Å²) in [5.74, 6) is 0.353. The lowest BCUT2D eigenvalue weighted by molar-refractivity contribution is -0.384. The van der Waals surface area contributed by atoms with Gasteiger partial charge < -0.3 is 4.90 Å². The zero-order chi connectivity index (χ0) is 16.4. The van der Waals surface area contributed by atoms with E-state index >= 15 is 0 Å². The first kappa shape index (κ1) is 16.2. The maximum atomic E-state index is 11.8. The van der Waals surface area contributed by atoms with E-state index in [0.29, 0.717) is 34.6 Å². The van der Waals surface area contributed by atoms with Gasteiger partial charge in [-0.05, 0) is 36.2 Å². The Kier molecular flexibility index (Phi) is 4.65. The van der Waals surface area contributed by atoms with Crippen molar-refractivity contribution in [3.63, 3.8) is 0 Å². The Morgan fingerprint density at radius 1 is 1.45 bits per heavy atom. The zero-order valence-electron chi connectivity index (χ0n) is 12.7. The highest BCUT2D eigenvalue weighted by atomic mass is 32.2. The molecule has 0 atom stereocenters. The quantitative estimate of drug-likeness (QED) is 0.481. The van der Waals surface area contributed by atoms with Crippen LogP contribution in [0.1, 0.15) is 19.4 Å². The number of non-ortho nitro benzene ring substituents is 1. The second-order valence-electron chi connectivity index (χ2n) is 5.46. The number of amidine groups is 1. The lowest BCUT2D eigenvalue weighted by atomic mass is 10.2. The summed E-state index contributed by atoms with van der Waals surface area (Å²) in [6.07, 6.45) is 0. The Labute approximate surface area is 133 Å². The monoisotopic (exact) mass is 319 g/mol. The van der Waals surface area contributed by atoms with E-state index in [2.05, 4.69) is 25.4 Å². The predicted octanol–water partition coefficient (Wildman–Crippen LogP) is 3.64. The third-order valence-corrected chi connectivity index (χ3v) is 4.05. The SMILES string of the molecule is C=C1C(=O)SC(=Nc2ccc([N+](=O)[O-])cc2C)N1CC(C)C. The fourth-order valence-corrected chi connectivity index (χ4v) is 2.87. The fourth-order valence-electron chi connectivity index (χ4n) is 2.04. The van der Waals surface area contributed by atoms with Crippen molar-refractivity contribution in [3.8, 4) is 0 Å². The number of hydrogen-bond donors (Lipinski definition) is 0. The van der Waals surface area contributed by atoms with Crippen molar-refractivity contribution in [1.29, 1.82) is 0 Å². The number of carbonyl (C=O) groups excluding carboxylic acids is 1. The topological polar surface area (TPSA) is 75.8 Å². The predicted molar refractivity (Wildman–Crippen MR) is 88.2 cm³/mol. The number of benzene rings is 1. The number of thioether (sulfide) groups is 1. The van der Waals surface area contributed by atoms with Gasteiger partial charge in [0.15, 0.2) is 5.17 Å². The summed E-state index contributed by atoms with van der Waals surface area (Å²) in [6, 6.07) is 4.48. The number of nitrogens with zero attached hydrogens (tertiary/aromatic N) is 3. The summed E-state index contributed by atoms with van der Waals surface area (Å²) in [6.45, 7) is 10.3. The van der Waals surface area contributed by atoms with Gasteiger partial charge in [0.25, 0.3) is 5.69 Å². The maximum absolute atomic E-state index is 11.8. The minimum atomic E-state index is -0.440. The third kappa shape index (κ3) is 3.36. The van der Waals surface area contributed by atoms with Crippen molar-refractivity contribution in [3.05, 3.63) is 46.2 Å². The van der Waals surface area contributed by atoms with Gasteiger partial charge in [-0.2, -0.15) is 0 Å². The van der Waals surface area contributed by atoms with Crippen LogP contribution in [0.25, 0.3) is 0 Å². The third-order valence-electron chi connectivity index (χ3n) is 3.13. The molecule has 0 spiro atoms. The molecule has 0 bridgehead atoms. The molecule has 0 unspecified atom stereocenters. The van der Waals surface area contributed by atoms with Gasteiger partial charge in [0, 0.05) is 18.7 Å². The van der Waals surface area contributed by atoms with Gasteiger partial charge in [0.05, 0.1) is 16.3 Å². The van der Waals surface area contributed by atoms with Crippen LogP contribution < -0.4 is 0 Å². The van der Waals surface area contributed by atoms with Gasteiger partial charge >= 0.3 is 0 Å². The van der Waals surface area contributed by atoms with E-state index in [1.807, 2.05) is 0 Å². The Balaban J connectivity index is 2.36. The van der Waals surface area contributed by atoms with Crippen molar-refractivity contribution < 1.29 is 9.72 Å². The summed E-state index contributed by atoms with van der Waals surface area (Å²) in [5.41, 5.74) is 1.76. The summed E-state index contributed by atoms with van der Waals surface area (Å²) in [7, 11) is 0. The molecule has 0 aromatic heterocycles. The van der Waals surface area contributed by atoms with E-state index in [9.17, 15) is 14.9 Å². The van der Waals surface area contributed by atoms with Crippen molar-refractivity contribution in [2.75, 3.05) is 6.54 Å². The van der Waals surface area contributed by atoms with Crippen molar-refractivity contribution >= 4 is 33.4 Å². The molecule has 1 aromatic carbocycles. The second-order valence-corrected chi connectivity index (χ2v) is 6.40. The molecule has 0 aliphatic carbocycles. The molecule has 116 valence electrons. The van der Waals surface area contributed by atoms with E-state index in [0.717, 1.165) is 11.8 Å². The Bertz CT molecular complexity index is 683. The molecular weight excluding hydrogens is 302 g/mol. The molecule has 0 amide bonds. The zero-order valence-corrected chi connectivity index (χ0v) is 13.5. The van der Waals surface area contributed by atoms with Crippen LogP contribution in [0, 0.1) is 23.0 Å². The average Bonchev–Trinajstić information content (AvgIpc) is 2.68. The highest BCUT2D eigenvalue weighted by molar-refractivity contribution is 8.27. The average molecular weight is 319 g/mol. The number of aryl methyl sites for hydroxylation is 1. The summed E-state index contributed by atoms with van der Waals surface area (Å²) >= 11 is 1.04.